The summed E-state index contributed by atoms with van der Waals surface area (Å²) in [6.45, 7) is 4.83. The normalized spacial score (nSPS) is 10.1. The third kappa shape index (κ3) is 3.91. The van der Waals surface area contributed by atoms with Crippen LogP contribution in [-0.2, 0) is 0 Å². The van der Waals surface area contributed by atoms with Gasteiger partial charge in [0.25, 0.3) is 5.91 Å². The number of ether oxygens (including phenoxy) is 2. The van der Waals surface area contributed by atoms with Crippen molar-refractivity contribution < 1.29 is 14.3 Å². The van der Waals surface area contributed by atoms with E-state index in [0.29, 0.717) is 41.7 Å². The van der Waals surface area contributed by atoms with Gasteiger partial charge in [0.05, 0.1) is 13.2 Å². The van der Waals surface area contributed by atoms with Crippen LogP contribution in [0.25, 0.3) is 0 Å². The van der Waals surface area contributed by atoms with Gasteiger partial charge in [0.1, 0.15) is 0 Å². The summed E-state index contributed by atoms with van der Waals surface area (Å²) in [6, 6.07) is 12.1. The largest absolute Gasteiger partial charge is 0.490 e. The molecule has 0 aliphatic carbocycles. The highest BCUT2D eigenvalue weighted by Gasteiger charge is 2.11. The van der Waals surface area contributed by atoms with Crippen molar-refractivity contribution in [3.63, 3.8) is 0 Å². The van der Waals surface area contributed by atoms with Crippen LogP contribution in [0.1, 0.15) is 24.2 Å². The van der Waals surface area contributed by atoms with Crippen LogP contribution in [0.2, 0.25) is 0 Å². The number of nitrogens with one attached hydrogen (secondary N) is 1. The fraction of sp³-hybridized carbons (Fsp3) is 0.235. The van der Waals surface area contributed by atoms with Crippen LogP contribution < -0.4 is 20.5 Å². The Bertz CT molecular complexity index is 639. The molecule has 0 heterocycles. The van der Waals surface area contributed by atoms with E-state index >= 15 is 0 Å². The van der Waals surface area contributed by atoms with Crippen LogP contribution in [-0.4, -0.2) is 19.1 Å². The number of hydrogen-bond donors (Lipinski definition) is 2. The predicted octanol–water partition coefficient (Wildman–Crippen LogP) is 3.32. The minimum absolute atomic E-state index is 0.214. The molecule has 0 spiro atoms. The van der Waals surface area contributed by atoms with Crippen LogP contribution >= 0.6 is 0 Å². The van der Waals surface area contributed by atoms with Gasteiger partial charge in [0, 0.05) is 16.9 Å². The highest BCUT2D eigenvalue weighted by Crippen LogP contribution is 2.28. The molecule has 2 rings (SSSR count). The van der Waals surface area contributed by atoms with Crippen LogP contribution in [0.5, 0.6) is 11.5 Å². The molecule has 3 N–H and O–H groups in total. The number of anilines is 2. The Morgan fingerprint density at radius 1 is 1.00 bits per heavy atom. The Labute approximate surface area is 130 Å². The van der Waals surface area contributed by atoms with Gasteiger partial charge >= 0.3 is 0 Å². The zero-order valence-electron chi connectivity index (χ0n) is 12.8. The number of amides is 1. The maximum Gasteiger partial charge on any atom is 0.255 e. The van der Waals surface area contributed by atoms with Gasteiger partial charge in [-0.25, -0.2) is 0 Å². The van der Waals surface area contributed by atoms with Gasteiger partial charge in [0.15, 0.2) is 11.5 Å². The van der Waals surface area contributed by atoms with Crippen molar-refractivity contribution in [2.24, 2.45) is 0 Å². The smallest absolute Gasteiger partial charge is 0.255 e. The Kier molecular flexibility index (Phi) is 5.25. The Balaban J connectivity index is 2.18. The average Bonchev–Trinajstić information content (AvgIpc) is 2.51. The van der Waals surface area contributed by atoms with Gasteiger partial charge < -0.3 is 20.5 Å². The molecule has 0 atom stereocenters. The summed E-state index contributed by atoms with van der Waals surface area (Å²) in [4.78, 5) is 12.3. The van der Waals surface area contributed by atoms with E-state index in [1.165, 1.54) is 0 Å². The molecule has 22 heavy (non-hydrogen) atoms. The fourth-order valence-corrected chi connectivity index (χ4v) is 1.96. The summed E-state index contributed by atoms with van der Waals surface area (Å²) in [5.74, 6) is 0.983. The van der Waals surface area contributed by atoms with Gasteiger partial charge in [-0.2, -0.15) is 0 Å². The molecular weight excluding hydrogens is 280 g/mol. The summed E-state index contributed by atoms with van der Waals surface area (Å²) in [5, 5.41) is 2.82. The van der Waals surface area contributed by atoms with Crippen molar-refractivity contribution in [3.8, 4) is 11.5 Å². The van der Waals surface area contributed by atoms with Gasteiger partial charge in [-0.3, -0.25) is 4.79 Å². The van der Waals surface area contributed by atoms with Crippen molar-refractivity contribution in [2.45, 2.75) is 13.8 Å². The lowest BCUT2D eigenvalue weighted by atomic mass is 10.1. The summed E-state index contributed by atoms with van der Waals surface area (Å²) in [5.41, 5.74) is 7.46. The third-order valence-electron chi connectivity index (χ3n) is 2.97. The lowest BCUT2D eigenvalue weighted by molar-refractivity contribution is 0.102. The lowest BCUT2D eigenvalue weighted by Crippen LogP contribution is -2.12. The van der Waals surface area contributed by atoms with E-state index in [1.54, 1.807) is 42.5 Å². The van der Waals surface area contributed by atoms with Gasteiger partial charge in [0.2, 0.25) is 0 Å². The van der Waals surface area contributed by atoms with Crippen LogP contribution in [0.3, 0.4) is 0 Å². The summed E-state index contributed by atoms with van der Waals surface area (Å²) >= 11 is 0. The van der Waals surface area contributed by atoms with E-state index in [9.17, 15) is 4.79 Å². The topological polar surface area (TPSA) is 73.6 Å². The van der Waals surface area contributed by atoms with Crippen molar-refractivity contribution in [2.75, 3.05) is 24.3 Å². The summed E-state index contributed by atoms with van der Waals surface area (Å²) in [7, 11) is 0. The monoisotopic (exact) mass is 300 g/mol. The molecule has 5 heteroatoms. The molecule has 0 aliphatic rings. The average molecular weight is 300 g/mol. The summed E-state index contributed by atoms with van der Waals surface area (Å²) in [6.07, 6.45) is 0. The fourth-order valence-electron chi connectivity index (χ4n) is 1.96. The quantitative estimate of drug-likeness (QED) is 0.803. The molecule has 1 amide bonds. The number of benzene rings is 2. The summed E-state index contributed by atoms with van der Waals surface area (Å²) < 4.78 is 11.0. The van der Waals surface area contributed by atoms with Crippen LogP contribution in [0, 0.1) is 0 Å². The standard InChI is InChI=1S/C17H20N2O3/c1-3-21-15-10-5-12(11-16(15)22-4-2)17(20)19-14-8-6-13(18)7-9-14/h5-11H,3-4,18H2,1-2H3,(H,19,20). The van der Waals surface area contributed by atoms with E-state index in [-0.39, 0.29) is 5.91 Å². The molecule has 0 radical (unpaired) electrons. The zero-order chi connectivity index (χ0) is 15.9. The predicted molar refractivity (Wildman–Crippen MR) is 87.6 cm³/mol. The molecule has 2 aromatic carbocycles. The van der Waals surface area contributed by atoms with Crippen molar-refractivity contribution in [1.29, 1.82) is 0 Å². The van der Waals surface area contributed by atoms with Gasteiger partial charge in [-0.15, -0.1) is 0 Å². The molecule has 0 unspecified atom stereocenters. The molecular formula is C17H20N2O3. The van der Waals surface area contributed by atoms with E-state index in [2.05, 4.69) is 5.32 Å². The van der Waals surface area contributed by atoms with Crippen molar-refractivity contribution in [3.05, 3.63) is 48.0 Å². The molecule has 0 aliphatic heterocycles. The van der Waals surface area contributed by atoms with E-state index in [4.69, 9.17) is 15.2 Å². The Morgan fingerprint density at radius 3 is 2.27 bits per heavy atom. The van der Waals surface area contributed by atoms with Crippen molar-refractivity contribution in [1.82, 2.24) is 0 Å². The number of nitrogen functional groups attached to an aromatic ring is 1. The second-order valence-electron chi connectivity index (χ2n) is 4.60. The van der Waals surface area contributed by atoms with E-state index in [1.807, 2.05) is 13.8 Å². The minimum Gasteiger partial charge on any atom is -0.490 e. The Morgan fingerprint density at radius 2 is 1.64 bits per heavy atom. The number of carbonyl (C=O) groups excluding carboxylic acids is 1. The highest BCUT2D eigenvalue weighted by molar-refractivity contribution is 6.04. The number of rotatable bonds is 6. The van der Waals surface area contributed by atoms with Crippen LogP contribution in [0.4, 0.5) is 11.4 Å². The maximum absolute atomic E-state index is 12.3. The lowest BCUT2D eigenvalue weighted by Gasteiger charge is -2.12. The molecule has 0 saturated carbocycles. The number of carbonyl (C=O) groups is 1. The molecule has 2 aromatic rings. The minimum atomic E-state index is -0.214. The molecule has 116 valence electrons. The number of hydrogen-bond acceptors (Lipinski definition) is 4. The second-order valence-corrected chi connectivity index (χ2v) is 4.60. The second kappa shape index (κ2) is 7.36. The number of nitrogens with two attached hydrogens (primary N) is 1. The first-order chi connectivity index (χ1) is 10.6. The molecule has 5 nitrogen and oxygen atoms in total. The first-order valence-corrected chi connectivity index (χ1v) is 7.20. The SMILES string of the molecule is CCOc1ccc(C(=O)Nc2ccc(N)cc2)cc1OCC. The maximum atomic E-state index is 12.3. The van der Waals surface area contributed by atoms with Gasteiger partial charge in [-0.1, -0.05) is 0 Å². The van der Waals surface area contributed by atoms with Crippen LogP contribution in [0.15, 0.2) is 42.5 Å². The first kappa shape index (κ1) is 15.7. The molecule has 0 aromatic heterocycles. The molecule has 0 bridgehead atoms. The first-order valence-electron chi connectivity index (χ1n) is 7.20. The molecule has 0 saturated heterocycles. The third-order valence-corrected chi connectivity index (χ3v) is 2.97. The zero-order valence-corrected chi connectivity index (χ0v) is 12.8. The Hall–Kier alpha value is -2.69. The van der Waals surface area contributed by atoms with E-state index < -0.39 is 0 Å². The van der Waals surface area contributed by atoms with E-state index in [0.717, 1.165) is 0 Å². The van der Waals surface area contributed by atoms with Crippen molar-refractivity contribution >= 4 is 17.3 Å². The molecule has 0 fully saturated rings. The van der Waals surface area contributed by atoms with Gasteiger partial charge in [-0.05, 0) is 56.3 Å². The highest BCUT2D eigenvalue weighted by atomic mass is 16.5.